The molecule has 0 fully saturated rings. The molecule has 0 aliphatic carbocycles. The molecule has 5 N–H and O–H groups in total. The molecule has 0 aliphatic heterocycles. The second kappa shape index (κ2) is 11.1. The summed E-state index contributed by atoms with van der Waals surface area (Å²) in [5, 5.41) is 34.3. The van der Waals surface area contributed by atoms with Crippen molar-refractivity contribution in [2.24, 2.45) is 0 Å². The molecule has 1 amide bonds. The molecule has 9 nitrogen and oxygen atoms in total. The van der Waals surface area contributed by atoms with E-state index in [4.69, 9.17) is 34.3 Å². The predicted molar refractivity (Wildman–Crippen MR) is 136 cm³/mol. The first kappa shape index (κ1) is 28.5. The van der Waals surface area contributed by atoms with E-state index in [1.54, 1.807) is 6.07 Å². The molecule has 0 radical (unpaired) electrons. The average molecular weight is 566 g/mol. The van der Waals surface area contributed by atoms with E-state index >= 15 is 0 Å². The summed E-state index contributed by atoms with van der Waals surface area (Å²) in [5.74, 6) is -2.50. The Morgan fingerprint density at radius 2 is 1.97 bits per heavy atom. The fraction of sp³-hybridized carbons (Fsp3) is 0.208. The number of halogens is 5. The maximum atomic E-state index is 13.2. The van der Waals surface area contributed by atoms with Crippen molar-refractivity contribution in [2.45, 2.75) is 32.0 Å². The number of anilines is 1. The third-order valence-corrected chi connectivity index (χ3v) is 6.12. The van der Waals surface area contributed by atoms with Crippen molar-refractivity contribution in [1.82, 2.24) is 20.1 Å². The Balaban J connectivity index is 1.77. The summed E-state index contributed by atoms with van der Waals surface area (Å²) >= 11 is 11.9. The molecule has 0 saturated carbocycles. The smallest absolute Gasteiger partial charge is 0.410 e. The summed E-state index contributed by atoms with van der Waals surface area (Å²) < 4.78 is 40.0. The number of aliphatic hydroxyl groups excluding tert-OH is 1. The zero-order valence-electron chi connectivity index (χ0n) is 19.8. The molecule has 0 saturated heterocycles. The van der Waals surface area contributed by atoms with Crippen LogP contribution in [0.3, 0.4) is 0 Å². The molecule has 2 aromatic heterocycles. The van der Waals surface area contributed by atoms with E-state index in [2.05, 4.69) is 15.4 Å². The first-order valence-electron chi connectivity index (χ1n) is 10.8. The van der Waals surface area contributed by atoms with Gasteiger partial charge in [-0.1, -0.05) is 29.3 Å². The van der Waals surface area contributed by atoms with Gasteiger partial charge in [-0.25, -0.2) is 4.68 Å². The van der Waals surface area contributed by atoms with Crippen molar-refractivity contribution >= 4 is 40.6 Å². The molecule has 2 unspecified atom stereocenters. The second-order valence-corrected chi connectivity index (χ2v) is 8.98. The number of nitriles is 1. The number of hydrogen-bond acceptors (Lipinski definition) is 7. The largest absolute Gasteiger partial charge is 0.494 e. The lowest BCUT2D eigenvalue weighted by atomic mass is 10.0. The predicted octanol–water partition coefficient (Wildman–Crippen LogP) is 5.52. The number of amides is 1. The third kappa shape index (κ3) is 6.07. The lowest BCUT2D eigenvalue weighted by Crippen LogP contribution is -2.28. The number of nitrogens with one attached hydrogen (secondary N) is 2. The van der Waals surface area contributed by atoms with Crippen LogP contribution in [0.5, 0.6) is 0 Å². The van der Waals surface area contributed by atoms with Gasteiger partial charge in [0.05, 0.1) is 22.3 Å². The standard InChI is InChI=1S/C24H20Cl2F3N7O2/c1-11(23(38)34-20(37)8-18(31)15-5-4-14(25)7-17(15)26)13-3-6-19(33-10-13)21-16(9-30)22(32)36(35-21)12(2)24(27,28)29/h3-8,10-12,31,37H,32H2,1-2H3,(H,34,38)/b20-8-,31-18?. The van der Waals surface area contributed by atoms with Crippen molar-refractivity contribution in [3.63, 3.8) is 0 Å². The Morgan fingerprint density at radius 1 is 1.29 bits per heavy atom. The monoisotopic (exact) mass is 565 g/mol. The quantitative estimate of drug-likeness (QED) is 0.218. The van der Waals surface area contributed by atoms with Crippen molar-refractivity contribution in [2.75, 3.05) is 5.73 Å². The first-order valence-corrected chi connectivity index (χ1v) is 11.6. The number of aromatic nitrogens is 3. The Hall–Kier alpha value is -4.08. The normalized spacial score (nSPS) is 13.5. The maximum Gasteiger partial charge on any atom is 0.410 e. The van der Waals surface area contributed by atoms with Gasteiger partial charge < -0.3 is 16.2 Å². The molecule has 3 rings (SSSR count). The molecule has 0 aliphatic rings. The molecule has 2 atom stereocenters. The van der Waals surface area contributed by atoms with E-state index in [-0.39, 0.29) is 33.2 Å². The molecule has 3 aromatic rings. The highest BCUT2D eigenvalue weighted by atomic mass is 35.5. The molecule has 0 spiro atoms. The van der Waals surface area contributed by atoms with E-state index in [1.807, 2.05) is 0 Å². The summed E-state index contributed by atoms with van der Waals surface area (Å²) in [6.45, 7) is 2.39. The number of aliphatic hydroxyl groups is 1. The van der Waals surface area contributed by atoms with Crippen LogP contribution >= 0.6 is 23.2 Å². The third-order valence-electron chi connectivity index (χ3n) is 5.58. The van der Waals surface area contributed by atoms with Crippen LogP contribution in [-0.4, -0.2) is 37.7 Å². The summed E-state index contributed by atoms with van der Waals surface area (Å²) in [7, 11) is 0. The number of alkyl halides is 3. The highest BCUT2D eigenvalue weighted by molar-refractivity contribution is 6.37. The van der Waals surface area contributed by atoms with Gasteiger partial charge in [-0.2, -0.15) is 23.5 Å². The number of pyridine rings is 1. The van der Waals surface area contributed by atoms with Gasteiger partial charge >= 0.3 is 6.18 Å². The van der Waals surface area contributed by atoms with E-state index in [9.17, 15) is 28.3 Å². The molecular formula is C24H20Cl2F3N7O2. The van der Waals surface area contributed by atoms with Gasteiger partial charge in [0.15, 0.2) is 5.88 Å². The number of carbonyl (C=O) groups is 1. The lowest BCUT2D eigenvalue weighted by Gasteiger charge is -2.17. The zero-order chi connectivity index (χ0) is 28.4. The van der Waals surface area contributed by atoms with Crippen LogP contribution in [0.2, 0.25) is 10.0 Å². The van der Waals surface area contributed by atoms with E-state index in [0.717, 1.165) is 13.0 Å². The fourth-order valence-electron chi connectivity index (χ4n) is 3.32. The molecule has 38 heavy (non-hydrogen) atoms. The van der Waals surface area contributed by atoms with Crippen LogP contribution < -0.4 is 11.1 Å². The Bertz CT molecular complexity index is 1460. The van der Waals surface area contributed by atoms with Crippen molar-refractivity contribution in [3.8, 4) is 17.5 Å². The van der Waals surface area contributed by atoms with Crippen LogP contribution in [-0.2, 0) is 4.79 Å². The molecule has 0 bridgehead atoms. The molecule has 14 heteroatoms. The lowest BCUT2D eigenvalue weighted by molar-refractivity contribution is -0.164. The number of rotatable bonds is 7. The number of nitrogen functional groups attached to an aromatic ring is 1. The maximum absolute atomic E-state index is 13.2. The van der Waals surface area contributed by atoms with E-state index < -0.39 is 35.7 Å². The van der Waals surface area contributed by atoms with Gasteiger partial charge in [0.25, 0.3) is 0 Å². The molecular weight excluding hydrogens is 546 g/mol. The topological polar surface area (TPSA) is 154 Å². The van der Waals surface area contributed by atoms with Crippen LogP contribution in [0.15, 0.2) is 48.5 Å². The van der Waals surface area contributed by atoms with Gasteiger partial charge in [0.1, 0.15) is 29.2 Å². The van der Waals surface area contributed by atoms with Gasteiger partial charge in [-0.15, -0.1) is 0 Å². The zero-order valence-corrected chi connectivity index (χ0v) is 21.3. The Morgan fingerprint density at radius 3 is 2.53 bits per heavy atom. The summed E-state index contributed by atoms with van der Waals surface area (Å²) in [4.78, 5) is 16.8. The minimum absolute atomic E-state index is 0.0776. The van der Waals surface area contributed by atoms with Gasteiger partial charge in [0.2, 0.25) is 5.91 Å². The minimum Gasteiger partial charge on any atom is -0.494 e. The molecule has 198 valence electrons. The summed E-state index contributed by atoms with van der Waals surface area (Å²) in [6, 6.07) is 7.00. The van der Waals surface area contributed by atoms with Gasteiger partial charge in [-0.3, -0.25) is 15.1 Å². The number of allylic oxidation sites excluding steroid dienone is 1. The average Bonchev–Trinajstić information content (AvgIpc) is 3.18. The fourth-order valence-corrected chi connectivity index (χ4v) is 3.83. The number of hydrogen-bond donors (Lipinski definition) is 4. The van der Waals surface area contributed by atoms with E-state index in [1.165, 1.54) is 43.5 Å². The van der Waals surface area contributed by atoms with Crippen molar-refractivity contribution in [1.29, 1.82) is 10.7 Å². The highest BCUT2D eigenvalue weighted by Crippen LogP contribution is 2.35. The van der Waals surface area contributed by atoms with E-state index in [0.29, 0.717) is 15.3 Å². The van der Waals surface area contributed by atoms with Gasteiger partial charge in [-0.05, 0) is 43.7 Å². The van der Waals surface area contributed by atoms with Crippen LogP contribution in [0.1, 0.15) is 42.5 Å². The van der Waals surface area contributed by atoms with Crippen molar-refractivity contribution < 1.29 is 23.1 Å². The molecule has 2 heterocycles. The summed E-state index contributed by atoms with van der Waals surface area (Å²) in [5.41, 5.74) is 5.93. The van der Waals surface area contributed by atoms with Crippen LogP contribution in [0, 0.1) is 16.7 Å². The number of nitrogens with zero attached hydrogens (tertiary/aromatic N) is 4. The van der Waals surface area contributed by atoms with Gasteiger partial charge in [0, 0.05) is 22.9 Å². The highest BCUT2D eigenvalue weighted by Gasteiger charge is 2.40. The van der Waals surface area contributed by atoms with Crippen molar-refractivity contribution in [3.05, 3.63) is 75.2 Å². The minimum atomic E-state index is -4.64. The van der Waals surface area contributed by atoms with Crippen LogP contribution in [0.25, 0.3) is 11.4 Å². The summed E-state index contributed by atoms with van der Waals surface area (Å²) in [6.07, 6.45) is -2.34. The SMILES string of the molecule is CC(C(=O)N/C(O)=C/C(=N)c1ccc(Cl)cc1Cl)c1ccc(-c2nn(C(C)C(F)(F)F)c(N)c2C#N)nc1. The molecule has 1 aromatic carbocycles. The number of nitrogens with two attached hydrogens (primary N) is 1. The Labute approximate surface area is 224 Å². The number of benzene rings is 1. The van der Waals surface area contributed by atoms with Crippen LogP contribution in [0.4, 0.5) is 19.0 Å². The first-order chi connectivity index (χ1) is 17.7. The number of carbonyl (C=O) groups excluding carboxylic acids is 1. The Kier molecular flexibility index (Phi) is 8.34. The second-order valence-electron chi connectivity index (χ2n) is 8.14.